The smallest absolute Gasteiger partial charge is 0.276 e. The van der Waals surface area contributed by atoms with Gasteiger partial charge < -0.3 is 4.74 Å². The molecule has 8 nitrogen and oxygen atoms in total. The van der Waals surface area contributed by atoms with Gasteiger partial charge in [-0.15, -0.1) is 22.7 Å². The summed E-state index contributed by atoms with van der Waals surface area (Å²) < 4.78 is 5.49. The number of thiazole rings is 1. The summed E-state index contributed by atoms with van der Waals surface area (Å²) in [7, 11) is 0. The van der Waals surface area contributed by atoms with Gasteiger partial charge in [-0.2, -0.15) is 0 Å². The van der Waals surface area contributed by atoms with E-state index in [1.165, 1.54) is 22.7 Å². The molecule has 3 rings (SSSR count). The molecule has 0 aliphatic carbocycles. The predicted molar refractivity (Wildman–Crippen MR) is 116 cm³/mol. The second kappa shape index (κ2) is 9.99. The molecule has 2 aromatic heterocycles. The Morgan fingerprint density at radius 2 is 1.87 bits per heavy atom. The monoisotopic (exact) mass is 444 g/mol. The first-order chi connectivity index (χ1) is 14.4. The van der Waals surface area contributed by atoms with Crippen molar-refractivity contribution in [3.63, 3.8) is 0 Å². The number of aryl methyl sites for hydroxylation is 2. The Morgan fingerprint density at radius 3 is 2.63 bits per heavy atom. The first-order valence-electron chi connectivity index (χ1n) is 8.97. The largest absolute Gasteiger partial charge is 0.483 e. The van der Waals surface area contributed by atoms with Crippen molar-refractivity contribution in [2.24, 2.45) is 0 Å². The zero-order valence-electron chi connectivity index (χ0n) is 16.4. The number of nitrogens with one attached hydrogen (secondary N) is 3. The van der Waals surface area contributed by atoms with E-state index in [-0.39, 0.29) is 18.9 Å². The molecule has 0 fully saturated rings. The molecule has 3 amide bonds. The van der Waals surface area contributed by atoms with Crippen molar-refractivity contribution in [2.45, 2.75) is 20.3 Å². The van der Waals surface area contributed by atoms with E-state index in [2.05, 4.69) is 21.2 Å². The molecule has 0 bridgehead atoms. The highest BCUT2D eigenvalue weighted by molar-refractivity contribution is 7.14. The summed E-state index contributed by atoms with van der Waals surface area (Å²) in [6, 6.07) is 9.22. The molecule has 3 N–H and O–H groups in total. The SMILES string of the molecule is Cc1ccc(C)c(OCC(=O)NNC(=O)Cc2csc(NC(=O)c3cccs3)n2)c1. The standard InChI is InChI=1S/C20H20N4O4S2/c1-12-5-6-13(2)15(8-12)28-10-18(26)24-23-17(25)9-14-11-30-20(21-14)22-19(27)16-4-3-7-29-16/h3-8,11H,9-10H2,1-2H3,(H,23,25)(H,24,26)(H,21,22,27). The highest BCUT2D eigenvalue weighted by Gasteiger charge is 2.12. The lowest BCUT2D eigenvalue weighted by Crippen LogP contribution is -2.44. The number of aromatic nitrogens is 1. The van der Waals surface area contributed by atoms with Crippen molar-refractivity contribution in [2.75, 3.05) is 11.9 Å². The Kier molecular flexibility index (Phi) is 7.15. The molecule has 0 spiro atoms. The molecule has 156 valence electrons. The second-order valence-electron chi connectivity index (χ2n) is 6.41. The lowest BCUT2D eigenvalue weighted by Gasteiger charge is -2.10. The van der Waals surface area contributed by atoms with Crippen molar-refractivity contribution >= 4 is 45.5 Å². The summed E-state index contributed by atoms with van der Waals surface area (Å²) in [5.74, 6) is -0.537. The maximum Gasteiger partial charge on any atom is 0.276 e. The quantitative estimate of drug-likeness (QED) is 0.486. The Hall–Kier alpha value is -3.24. The van der Waals surface area contributed by atoms with Gasteiger partial charge in [0.05, 0.1) is 17.0 Å². The van der Waals surface area contributed by atoms with Crippen LogP contribution < -0.4 is 20.9 Å². The lowest BCUT2D eigenvalue weighted by atomic mass is 10.1. The molecule has 3 aromatic rings. The maximum absolute atomic E-state index is 12.0. The Morgan fingerprint density at radius 1 is 1.07 bits per heavy atom. The number of hydrazine groups is 1. The first-order valence-corrected chi connectivity index (χ1v) is 10.7. The van der Waals surface area contributed by atoms with E-state index in [4.69, 9.17) is 4.74 Å². The number of ether oxygens (including phenoxy) is 1. The van der Waals surface area contributed by atoms with Crippen LogP contribution in [0, 0.1) is 13.8 Å². The highest BCUT2D eigenvalue weighted by atomic mass is 32.1. The zero-order chi connectivity index (χ0) is 21.5. The van der Waals surface area contributed by atoms with Crippen LogP contribution in [0.1, 0.15) is 26.5 Å². The van der Waals surface area contributed by atoms with Crippen LogP contribution in [0.5, 0.6) is 5.75 Å². The zero-order valence-corrected chi connectivity index (χ0v) is 18.0. The molecule has 0 aliphatic rings. The summed E-state index contributed by atoms with van der Waals surface area (Å²) >= 11 is 2.56. The summed E-state index contributed by atoms with van der Waals surface area (Å²) in [6.45, 7) is 3.60. The van der Waals surface area contributed by atoms with Gasteiger partial charge in [0.1, 0.15) is 5.75 Å². The van der Waals surface area contributed by atoms with Crippen molar-refractivity contribution in [1.82, 2.24) is 15.8 Å². The maximum atomic E-state index is 12.0. The molecule has 0 atom stereocenters. The first kappa shape index (κ1) is 21.5. The van der Waals surface area contributed by atoms with Crippen LogP contribution in [-0.4, -0.2) is 29.3 Å². The van der Waals surface area contributed by atoms with Gasteiger partial charge in [0.15, 0.2) is 11.7 Å². The van der Waals surface area contributed by atoms with E-state index >= 15 is 0 Å². The third-order valence-corrected chi connectivity index (χ3v) is 5.58. The minimum absolute atomic E-state index is 0.0382. The number of anilines is 1. The van der Waals surface area contributed by atoms with Crippen LogP contribution in [0.15, 0.2) is 41.1 Å². The molecule has 1 aromatic carbocycles. The normalized spacial score (nSPS) is 10.3. The molecular weight excluding hydrogens is 424 g/mol. The number of hydrogen-bond donors (Lipinski definition) is 3. The van der Waals surface area contributed by atoms with Gasteiger partial charge in [0.25, 0.3) is 11.8 Å². The van der Waals surface area contributed by atoms with Gasteiger partial charge in [0.2, 0.25) is 5.91 Å². The summed E-state index contributed by atoms with van der Waals surface area (Å²) in [5.41, 5.74) is 7.07. The Balaban J connectivity index is 1.41. The Labute approximate surface area is 181 Å². The van der Waals surface area contributed by atoms with E-state index in [1.807, 2.05) is 37.4 Å². The van der Waals surface area contributed by atoms with E-state index in [0.717, 1.165) is 11.1 Å². The number of carbonyl (C=O) groups is 3. The van der Waals surface area contributed by atoms with Crippen molar-refractivity contribution < 1.29 is 19.1 Å². The minimum Gasteiger partial charge on any atom is -0.483 e. The molecule has 10 heteroatoms. The van der Waals surface area contributed by atoms with Gasteiger partial charge in [-0.3, -0.25) is 30.6 Å². The number of nitrogens with zero attached hydrogens (tertiary/aromatic N) is 1. The third kappa shape index (κ3) is 6.13. The average Bonchev–Trinajstić information content (AvgIpc) is 3.39. The highest BCUT2D eigenvalue weighted by Crippen LogP contribution is 2.19. The fourth-order valence-electron chi connectivity index (χ4n) is 2.40. The van der Waals surface area contributed by atoms with Crippen LogP contribution in [0.3, 0.4) is 0 Å². The molecule has 0 aliphatic heterocycles. The molecule has 0 saturated carbocycles. The molecular formula is C20H20N4O4S2. The van der Waals surface area contributed by atoms with Crippen molar-refractivity contribution in [1.29, 1.82) is 0 Å². The van der Waals surface area contributed by atoms with Crippen molar-refractivity contribution in [3.05, 3.63) is 62.8 Å². The second-order valence-corrected chi connectivity index (χ2v) is 8.21. The summed E-state index contributed by atoms with van der Waals surface area (Å²) in [4.78, 5) is 40.7. The molecule has 2 heterocycles. The number of hydrogen-bond acceptors (Lipinski definition) is 7. The fraction of sp³-hybridized carbons (Fsp3) is 0.200. The molecule has 0 saturated heterocycles. The molecule has 30 heavy (non-hydrogen) atoms. The fourth-order valence-corrected chi connectivity index (χ4v) is 3.73. The topological polar surface area (TPSA) is 109 Å². The predicted octanol–water partition coefficient (Wildman–Crippen LogP) is 2.84. The minimum atomic E-state index is -0.480. The van der Waals surface area contributed by atoms with E-state index in [9.17, 15) is 14.4 Å². The van der Waals surface area contributed by atoms with Crippen LogP contribution >= 0.6 is 22.7 Å². The van der Waals surface area contributed by atoms with Crippen LogP contribution in [0.2, 0.25) is 0 Å². The van der Waals surface area contributed by atoms with Crippen LogP contribution in [-0.2, 0) is 16.0 Å². The van der Waals surface area contributed by atoms with Gasteiger partial charge >= 0.3 is 0 Å². The number of thiophene rings is 1. The van der Waals surface area contributed by atoms with E-state index in [0.29, 0.717) is 21.5 Å². The summed E-state index contributed by atoms with van der Waals surface area (Å²) in [6.07, 6.45) is -0.0382. The van der Waals surface area contributed by atoms with Gasteiger partial charge in [-0.25, -0.2) is 4.98 Å². The number of rotatable bonds is 7. The number of carbonyl (C=O) groups excluding carboxylic acids is 3. The average molecular weight is 445 g/mol. The van der Waals surface area contributed by atoms with Gasteiger partial charge in [-0.05, 0) is 42.5 Å². The number of amides is 3. The third-order valence-electron chi connectivity index (χ3n) is 3.90. The van der Waals surface area contributed by atoms with Gasteiger partial charge in [-0.1, -0.05) is 18.2 Å². The lowest BCUT2D eigenvalue weighted by molar-refractivity contribution is -0.129. The van der Waals surface area contributed by atoms with Crippen molar-refractivity contribution in [3.8, 4) is 5.75 Å². The molecule has 0 radical (unpaired) electrons. The van der Waals surface area contributed by atoms with E-state index < -0.39 is 11.8 Å². The van der Waals surface area contributed by atoms with E-state index in [1.54, 1.807) is 17.5 Å². The molecule has 0 unspecified atom stereocenters. The summed E-state index contributed by atoms with van der Waals surface area (Å²) in [5, 5.41) is 6.58. The Bertz CT molecular complexity index is 1050. The van der Waals surface area contributed by atoms with Gasteiger partial charge in [0, 0.05) is 5.38 Å². The number of benzene rings is 1. The van der Waals surface area contributed by atoms with Crippen LogP contribution in [0.25, 0.3) is 0 Å². The van der Waals surface area contributed by atoms with Crippen LogP contribution in [0.4, 0.5) is 5.13 Å².